The van der Waals surface area contributed by atoms with Gasteiger partial charge in [0.25, 0.3) is 0 Å². The molecule has 0 aromatic heterocycles. The molecule has 0 radical (unpaired) electrons. The van der Waals surface area contributed by atoms with Gasteiger partial charge in [0, 0.05) is 0 Å². The standard InChI is InChI=1S/C7H16N2O6/c1-2-5-3-6(14-8(10)11)7(4-5)15-9(12)13/h5-7,10-13H,2-4H2,1H3/t5-,6+,7-. The highest BCUT2D eigenvalue weighted by molar-refractivity contribution is 4.83. The fourth-order valence-corrected chi connectivity index (χ4v) is 1.85. The van der Waals surface area contributed by atoms with Gasteiger partial charge in [0.1, 0.15) is 12.2 Å². The molecule has 1 aliphatic rings. The minimum Gasteiger partial charge on any atom is -0.266 e. The molecule has 0 aromatic rings. The van der Waals surface area contributed by atoms with Gasteiger partial charge >= 0.3 is 0 Å². The smallest absolute Gasteiger partial charge is 0.113 e. The van der Waals surface area contributed by atoms with Crippen molar-refractivity contribution >= 4 is 0 Å². The molecule has 1 saturated carbocycles. The maximum Gasteiger partial charge on any atom is 0.113 e. The zero-order valence-electron chi connectivity index (χ0n) is 8.35. The normalized spacial score (nSPS) is 31.8. The summed E-state index contributed by atoms with van der Waals surface area (Å²) in [6.45, 7) is 1.98. The second-order valence-electron chi connectivity index (χ2n) is 3.54. The van der Waals surface area contributed by atoms with E-state index >= 15 is 0 Å². The van der Waals surface area contributed by atoms with Crippen molar-refractivity contribution in [3.8, 4) is 0 Å². The highest BCUT2D eigenvalue weighted by Crippen LogP contribution is 2.32. The molecule has 90 valence electrons. The van der Waals surface area contributed by atoms with E-state index in [2.05, 4.69) is 9.68 Å². The van der Waals surface area contributed by atoms with Crippen molar-refractivity contribution in [2.45, 2.75) is 38.4 Å². The largest absolute Gasteiger partial charge is 0.266 e. The van der Waals surface area contributed by atoms with E-state index in [0.717, 1.165) is 6.42 Å². The van der Waals surface area contributed by atoms with Crippen molar-refractivity contribution in [1.29, 1.82) is 0 Å². The maximum absolute atomic E-state index is 8.50. The molecule has 0 spiro atoms. The van der Waals surface area contributed by atoms with Crippen LogP contribution >= 0.6 is 0 Å². The van der Waals surface area contributed by atoms with E-state index in [1.165, 1.54) is 0 Å². The molecule has 0 bridgehead atoms. The van der Waals surface area contributed by atoms with Crippen LogP contribution in [0.25, 0.3) is 0 Å². The molecule has 1 fully saturated rings. The molecule has 3 atom stereocenters. The van der Waals surface area contributed by atoms with Gasteiger partial charge in [-0.3, -0.25) is 20.8 Å². The molecule has 1 rings (SSSR count). The second kappa shape index (κ2) is 5.68. The first kappa shape index (κ1) is 12.7. The third-order valence-electron chi connectivity index (χ3n) is 2.58. The van der Waals surface area contributed by atoms with Crippen LogP contribution in [0.5, 0.6) is 0 Å². The molecule has 0 saturated heterocycles. The van der Waals surface area contributed by atoms with Gasteiger partial charge in [0.15, 0.2) is 0 Å². The van der Waals surface area contributed by atoms with Crippen LogP contribution in [-0.2, 0) is 9.68 Å². The third-order valence-corrected chi connectivity index (χ3v) is 2.58. The van der Waals surface area contributed by atoms with Gasteiger partial charge in [-0.1, -0.05) is 13.3 Å². The molecular weight excluding hydrogens is 208 g/mol. The molecule has 0 unspecified atom stereocenters. The SMILES string of the molecule is CC[C@@H]1C[C@H](ON(O)O)[C@H](ON(O)O)C1. The first-order valence-electron chi connectivity index (χ1n) is 4.72. The van der Waals surface area contributed by atoms with E-state index in [1.54, 1.807) is 0 Å². The zero-order chi connectivity index (χ0) is 11.4. The van der Waals surface area contributed by atoms with Crippen LogP contribution in [0.3, 0.4) is 0 Å². The van der Waals surface area contributed by atoms with Crippen molar-refractivity contribution in [2.75, 3.05) is 0 Å². The van der Waals surface area contributed by atoms with Gasteiger partial charge < -0.3 is 0 Å². The van der Waals surface area contributed by atoms with Crippen LogP contribution in [0.15, 0.2) is 0 Å². The van der Waals surface area contributed by atoms with Crippen LogP contribution in [0.2, 0.25) is 0 Å². The Bertz CT molecular complexity index is 172. The van der Waals surface area contributed by atoms with Crippen LogP contribution in [0.4, 0.5) is 0 Å². The number of nitrogens with zero attached hydrogens (tertiary/aromatic N) is 2. The summed E-state index contributed by atoms with van der Waals surface area (Å²) in [5.74, 6) is 0.292. The van der Waals surface area contributed by atoms with E-state index < -0.39 is 23.0 Å². The predicted octanol–water partition coefficient (Wildman–Crippen LogP) is 0.568. The summed E-state index contributed by atoms with van der Waals surface area (Å²) in [4.78, 5) is 9.25. The maximum atomic E-state index is 8.50. The number of hydrogen-bond donors (Lipinski definition) is 4. The van der Waals surface area contributed by atoms with Crippen molar-refractivity contribution in [2.24, 2.45) is 5.92 Å². The van der Waals surface area contributed by atoms with E-state index in [9.17, 15) is 0 Å². The monoisotopic (exact) mass is 224 g/mol. The summed E-state index contributed by atoms with van der Waals surface area (Å²) in [7, 11) is 0. The van der Waals surface area contributed by atoms with Crippen molar-refractivity contribution in [3.63, 3.8) is 0 Å². The Labute approximate surface area is 86.6 Å². The Morgan fingerprint density at radius 1 is 1.00 bits per heavy atom. The van der Waals surface area contributed by atoms with Gasteiger partial charge in [-0.15, -0.1) is 0 Å². The van der Waals surface area contributed by atoms with Gasteiger partial charge in [-0.25, -0.2) is 9.68 Å². The molecule has 0 amide bonds. The summed E-state index contributed by atoms with van der Waals surface area (Å²) >= 11 is 0. The molecule has 4 N–H and O–H groups in total. The molecule has 8 nitrogen and oxygen atoms in total. The Kier molecular flexibility index (Phi) is 4.83. The van der Waals surface area contributed by atoms with E-state index in [4.69, 9.17) is 20.8 Å². The summed E-state index contributed by atoms with van der Waals surface area (Å²) in [6.07, 6.45) is 0.769. The summed E-state index contributed by atoms with van der Waals surface area (Å²) < 4.78 is 0. The van der Waals surface area contributed by atoms with Crippen molar-refractivity contribution < 1.29 is 30.5 Å². The van der Waals surface area contributed by atoms with Gasteiger partial charge in [-0.05, 0) is 18.8 Å². The fraction of sp³-hybridized carbons (Fsp3) is 1.00. The van der Waals surface area contributed by atoms with Crippen LogP contribution < -0.4 is 0 Å². The highest BCUT2D eigenvalue weighted by Gasteiger charge is 2.38. The lowest BCUT2D eigenvalue weighted by Gasteiger charge is -2.21. The van der Waals surface area contributed by atoms with Crippen LogP contribution in [0.1, 0.15) is 26.2 Å². The first-order valence-corrected chi connectivity index (χ1v) is 4.72. The average Bonchev–Trinajstić information content (AvgIpc) is 2.46. The van der Waals surface area contributed by atoms with E-state index in [-0.39, 0.29) is 0 Å². The van der Waals surface area contributed by atoms with Crippen molar-refractivity contribution in [1.82, 2.24) is 10.8 Å². The Balaban J connectivity index is 2.49. The molecule has 8 heteroatoms. The van der Waals surface area contributed by atoms with Crippen LogP contribution in [-0.4, -0.2) is 43.8 Å². The average molecular weight is 224 g/mol. The highest BCUT2D eigenvalue weighted by atomic mass is 17.1. The number of hydrogen-bond acceptors (Lipinski definition) is 8. The Hall–Kier alpha value is -0.320. The van der Waals surface area contributed by atoms with E-state index in [0.29, 0.717) is 18.8 Å². The molecule has 1 aliphatic carbocycles. The van der Waals surface area contributed by atoms with Crippen LogP contribution in [0, 0.1) is 5.92 Å². The summed E-state index contributed by atoms with van der Waals surface area (Å²) in [5.41, 5.74) is 0. The summed E-state index contributed by atoms with van der Waals surface area (Å²) in [5, 5.41) is 33.2. The zero-order valence-corrected chi connectivity index (χ0v) is 8.35. The molecule has 0 aliphatic heterocycles. The Morgan fingerprint density at radius 3 is 1.67 bits per heavy atom. The summed E-state index contributed by atoms with van der Waals surface area (Å²) in [6, 6.07) is 0. The lowest BCUT2D eigenvalue weighted by Crippen LogP contribution is -2.35. The molecule has 0 heterocycles. The molecular formula is C7H16N2O6. The van der Waals surface area contributed by atoms with Gasteiger partial charge in [-0.2, -0.15) is 0 Å². The fourth-order valence-electron chi connectivity index (χ4n) is 1.85. The second-order valence-corrected chi connectivity index (χ2v) is 3.54. The topological polar surface area (TPSA) is 106 Å². The number of rotatable bonds is 5. The lowest BCUT2D eigenvalue weighted by atomic mass is 10.1. The first-order chi connectivity index (χ1) is 7.02. The quantitative estimate of drug-likeness (QED) is 0.502. The van der Waals surface area contributed by atoms with Crippen molar-refractivity contribution in [3.05, 3.63) is 0 Å². The molecule has 0 aromatic carbocycles. The minimum atomic E-state index is -0.619. The van der Waals surface area contributed by atoms with E-state index in [1.807, 2.05) is 6.92 Å². The molecule has 15 heavy (non-hydrogen) atoms. The predicted molar refractivity (Wildman–Crippen MR) is 43.6 cm³/mol. The third kappa shape index (κ3) is 3.97. The van der Waals surface area contributed by atoms with Gasteiger partial charge in [0.2, 0.25) is 0 Å². The van der Waals surface area contributed by atoms with Gasteiger partial charge in [0.05, 0.1) is 10.8 Å². The Morgan fingerprint density at radius 2 is 1.40 bits per heavy atom. The lowest BCUT2D eigenvalue weighted by molar-refractivity contribution is -0.535. The minimum absolute atomic E-state index is 0.292.